The number of methoxy groups -OCH3 is 1. The highest BCUT2D eigenvalue weighted by atomic mass is 16.5. The zero-order chi connectivity index (χ0) is 16.8. The molecule has 1 fully saturated rings. The van der Waals surface area contributed by atoms with Crippen LogP contribution in [-0.4, -0.2) is 62.5 Å². The number of nitrogens with zero attached hydrogens (tertiary/aromatic N) is 2. The number of carbonyl (C=O) groups excluding carboxylic acids is 3. The van der Waals surface area contributed by atoms with Gasteiger partial charge in [-0.2, -0.15) is 0 Å². The van der Waals surface area contributed by atoms with Gasteiger partial charge in [-0.05, 0) is 19.1 Å². The van der Waals surface area contributed by atoms with Crippen LogP contribution in [0.25, 0.3) is 0 Å². The molecule has 0 radical (unpaired) electrons. The molecule has 0 aliphatic carbocycles. The van der Waals surface area contributed by atoms with Crippen molar-refractivity contribution in [1.29, 1.82) is 0 Å². The van der Waals surface area contributed by atoms with Gasteiger partial charge in [0.2, 0.25) is 5.91 Å². The monoisotopic (exact) mass is 319 g/mol. The summed E-state index contributed by atoms with van der Waals surface area (Å²) in [4.78, 5) is 38.2. The molecule has 2 rings (SSSR count). The Kier molecular flexibility index (Phi) is 5.56. The third-order valence-electron chi connectivity index (χ3n) is 3.80. The first kappa shape index (κ1) is 16.8. The second kappa shape index (κ2) is 7.62. The van der Waals surface area contributed by atoms with Crippen LogP contribution in [-0.2, 0) is 19.1 Å². The number of amides is 2. The lowest BCUT2D eigenvalue weighted by Gasteiger charge is -2.36. The van der Waals surface area contributed by atoms with E-state index in [2.05, 4.69) is 39.2 Å². The Hall–Kier alpha value is -2.57. The lowest BCUT2D eigenvalue weighted by molar-refractivity contribution is -0.153. The largest absolute Gasteiger partial charge is 0.462 e. The normalized spacial score (nSPS) is 14.3. The molecule has 1 heterocycles. The van der Waals surface area contributed by atoms with E-state index in [0.717, 1.165) is 25.9 Å². The minimum absolute atomic E-state index is 0.196. The SMILES string of the molecule is COC(=O)C(=O)NCC(=O)N1CCN(c2ccc(C)cc2)CC1. The number of carbonyl (C=O) groups is 3. The average Bonchev–Trinajstić information content (AvgIpc) is 2.59. The molecule has 23 heavy (non-hydrogen) atoms. The number of aryl methyl sites for hydroxylation is 1. The molecule has 0 spiro atoms. The summed E-state index contributed by atoms with van der Waals surface area (Å²) in [6.07, 6.45) is 0. The molecule has 0 aromatic heterocycles. The maximum atomic E-state index is 12.0. The zero-order valence-electron chi connectivity index (χ0n) is 13.4. The van der Waals surface area contributed by atoms with Gasteiger partial charge in [0.05, 0.1) is 13.7 Å². The molecule has 124 valence electrons. The highest BCUT2D eigenvalue weighted by molar-refractivity contribution is 6.32. The van der Waals surface area contributed by atoms with Crippen molar-refractivity contribution < 1.29 is 19.1 Å². The molecule has 1 N–H and O–H groups in total. The Morgan fingerprint density at radius 2 is 1.70 bits per heavy atom. The van der Waals surface area contributed by atoms with Gasteiger partial charge in [0.15, 0.2) is 0 Å². The Morgan fingerprint density at radius 1 is 1.09 bits per heavy atom. The van der Waals surface area contributed by atoms with E-state index in [-0.39, 0.29) is 12.5 Å². The van der Waals surface area contributed by atoms with Crippen molar-refractivity contribution in [2.24, 2.45) is 0 Å². The Labute approximate surface area is 135 Å². The standard InChI is InChI=1S/C16H21N3O4/c1-12-3-5-13(6-4-12)18-7-9-19(10-8-18)14(20)11-17-15(21)16(22)23-2/h3-6H,7-11H2,1-2H3,(H,17,21). The topological polar surface area (TPSA) is 78.9 Å². The number of piperazine rings is 1. The highest BCUT2D eigenvalue weighted by Gasteiger charge is 2.22. The lowest BCUT2D eigenvalue weighted by atomic mass is 10.2. The molecule has 7 heteroatoms. The van der Waals surface area contributed by atoms with E-state index in [9.17, 15) is 14.4 Å². The van der Waals surface area contributed by atoms with Crippen LogP contribution in [0, 0.1) is 6.92 Å². The Bertz CT molecular complexity index is 577. The highest BCUT2D eigenvalue weighted by Crippen LogP contribution is 2.17. The maximum Gasteiger partial charge on any atom is 0.396 e. The van der Waals surface area contributed by atoms with Gasteiger partial charge in [0.25, 0.3) is 0 Å². The van der Waals surface area contributed by atoms with E-state index in [1.165, 1.54) is 5.56 Å². The van der Waals surface area contributed by atoms with Crippen LogP contribution in [0.5, 0.6) is 0 Å². The third-order valence-corrected chi connectivity index (χ3v) is 3.80. The predicted molar refractivity (Wildman–Crippen MR) is 85.0 cm³/mol. The third kappa shape index (κ3) is 4.45. The van der Waals surface area contributed by atoms with Crippen LogP contribution < -0.4 is 10.2 Å². The van der Waals surface area contributed by atoms with Gasteiger partial charge in [-0.1, -0.05) is 17.7 Å². The summed E-state index contributed by atoms with van der Waals surface area (Å²) in [5.41, 5.74) is 2.35. The van der Waals surface area contributed by atoms with Crippen LogP contribution in [0.4, 0.5) is 5.69 Å². The molecule has 1 aromatic rings. The summed E-state index contributed by atoms with van der Waals surface area (Å²) >= 11 is 0. The van der Waals surface area contributed by atoms with Crippen molar-refractivity contribution in [3.8, 4) is 0 Å². The fraction of sp³-hybridized carbons (Fsp3) is 0.438. The molecule has 1 saturated heterocycles. The molecule has 0 unspecified atom stereocenters. The minimum Gasteiger partial charge on any atom is -0.462 e. The zero-order valence-corrected chi connectivity index (χ0v) is 13.4. The number of nitrogens with one attached hydrogen (secondary N) is 1. The van der Waals surface area contributed by atoms with Crippen LogP contribution >= 0.6 is 0 Å². The van der Waals surface area contributed by atoms with Gasteiger partial charge in [-0.25, -0.2) is 4.79 Å². The second-order valence-electron chi connectivity index (χ2n) is 5.38. The number of esters is 1. The first-order chi connectivity index (χ1) is 11.0. The molecule has 1 aromatic carbocycles. The van der Waals surface area contributed by atoms with Gasteiger partial charge in [-0.3, -0.25) is 9.59 Å². The van der Waals surface area contributed by atoms with Crippen LogP contribution in [0.1, 0.15) is 5.56 Å². The van der Waals surface area contributed by atoms with E-state index in [1.54, 1.807) is 4.90 Å². The number of hydrogen-bond acceptors (Lipinski definition) is 5. The molecule has 0 bridgehead atoms. The fourth-order valence-corrected chi connectivity index (χ4v) is 2.40. The van der Waals surface area contributed by atoms with E-state index >= 15 is 0 Å². The molecule has 1 aliphatic rings. The molecule has 7 nitrogen and oxygen atoms in total. The minimum atomic E-state index is -0.998. The van der Waals surface area contributed by atoms with Crippen molar-refractivity contribution in [3.05, 3.63) is 29.8 Å². The van der Waals surface area contributed by atoms with Gasteiger partial charge in [-0.15, -0.1) is 0 Å². The number of rotatable bonds is 3. The number of hydrogen-bond donors (Lipinski definition) is 1. The van der Waals surface area contributed by atoms with E-state index in [4.69, 9.17) is 0 Å². The fourth-order valence-electron chi connectivity index (χ4n) is 2.40. The van der Waals surface area contributed by atoms with E-state index < -0.39 is 11.9 Å². The molecule has 0 atom stereocenters. The number of anilines is 1. The van der Waals surface area contributed by atoms with Gasteiger partial charge >= 0.3 is 11.9 Å². The maximum absolute atomic E-state index is 12.0. The number of benzene rings is 1. The van der Waals surface area contributed by atoms with Crippen molar-refractivity contribution >= 4 is 23.5 Å². The molecule has 0 saturated carbocycles. The smallest absolute Gasteiger partial charge is 0.396 e. The molecular formula is C16H21N3O4. The summed E-state index contributed by atoms with van der Waals surface area (Å²) in [5, 5.41) is 2.26. The second-order valence-corrected chi connectivity index (χ2v) is 5.38. The lowest BCUT2D eigenvalue weighted by Crippen LogP contribution is -2.51. The molecular weight excluding hydrogens is 298 g/mol. The summed E-state index contributed by atoms with van der Waals surface area (Å²) in [6.45, 7) is 4.49. The van der Waals surface area contributed by atoms with Crippen molar-refractivity contribution in [3.63, 3.8) is 0 Å². The number of ether oxygens (including phenoxy) is 1. The predicted octanol–water partition coefficient (Wildman–Crippen LogP) is -0.0672. The van der Waals surface area contributed by atoms with Crippen molar-refractivity contribution in [2.75, 3.05) is 44.7 Å². The Balaban J connectivity index is 1.79. The molecule has 2 amide bonds. The average molecular weight is 319 g/mol. The van der Waals surface area contributed by atoms with Crippen LogP contribution in [0.3, 0.4) is 0 Å². The quantitative estimate of drug-likeness (QED) is 0.623. The summed E-state index contributed by atoms with van der Waals surface area (Å²) in [6, 6.07) is 8.28. The first-order valence-corrected chi connectivity index (χ1v) is 7.47. The van der Waals surface area contributed by atoms with Gasteiger partial charge in [0.1, 0.15) is 0 Å². The summed E-state index contributed by atoms with van der Waals surface area (Å²) in [5.74, 6) is -2.10. The first-order valence-electron chi connectivity index (χ1n) is 7.47. The van der Waals surface area contributed by atoms with Crippen molar-refractivity contribution in [2.45, 2.75) is 6.92 Å². The summed E-state index contributed by atoms with van der Waals surface area (Å²) in [7, 11) is 1.12. The molecule has 1 aliphatic heterocycles. The van der Waals surface area contributed by atoms with Crippen LogP contribution in [0.15, 0.2) is 24.3 Å². The van der Waals surface area contributed by atoms with Crippen LogP contribution in [0.2, 0.25) is 0 Å². The van der Waals surface area contributed by atoms with Gasteiger partial charge in [0, 0.05) is 31.9 Å². The van der Waals surface area contributed by atoms with Crippen molar-refractivity contribution in [1.82, 2.24) is 10.2 Å². The summed E-state index contributed by atoms with van der Waals surface area (Å²) < 4.78 is 4.28. The van der Waals surface area contributed by atoms with E-state index in [0.29, 0.717) is 13.1 Å². The Morgan fingerprint density at radius 3 is 2.26 bits per heavy atom. The van der Waals surface area contributed by atoms with E-state index in [1.807, 2.05) is 6.92 Å². The van der Waals surface area contributed by atoms with Gasteiger partial charge < -0.3 is 19.9 Å².